The molecule has 2 unspecified atom stereocenters. The van der Waals surface area contributed by atoms with E-state index in [0.717, 1.165) is 0 Å². The first-order valence-corrected chi connectivity index (χ1v) is 9.43. The predicted octanol–water partition coefficient (Wildman–Crippen LogP) is 0.000700. The molecule has 9 heteroatoms. The van der Waals surface area contributed by atoms with Crippen LogP contribution in [-0.4, -0.2) is 75.3 Å². The molecule has 1 heterocycles. The van der Waals surface area contributed by atoms with Crippen LogP contribution in [0.5, 0.6) is 0 Å². The lowest BCUT2D eigenvalue weighted by Gasteiger charge is -2.27. The van der Waals surface area contributed by atoms with E-state index < -0.39 is 30.8 Å². The highest BCUT2D eigenvalue weighted by molar-refractivity contribution is 8.09. The summed E-state index contributed by atoms with van der Waals surface area (Å²) in [6.45, 7) is -0.469. The second-order valence-corrected chi connectivity index (χ2v) is 8.36. The first-order valence-electron chi connectivity index (χ1n) is 6.57. The zero-order chi connectivity index (χ0) is 15.2. The maximum Gasteiger partial charge on any atom is 0.186 e. The van der Waals surface area contributed by atoms with Gasteiger partial charge in [-0.2, -0.15) is 0 Å². The van der Waals surface area contributed by atoms with Crippen molar-refractivity contribution in [2.24, 2.45) is 0 Å². The third kappa shape index (κ3) is 5.35. The second kappa shape index (κ2) is 8.81. The molecule has 1 aliphatic heterocycles. The monoisotopic (exact) mass is 324 g/mol. The minimum absolute atomic E-state index is 0.0305. The van der Waals surface area contributed by atoms with Gasteiger partial charge >= 0.3 is 0 Å². The fourth-order valence-corrected chi connectivity index (χ4v) is 3.00. The summed E-state index contributed by atoms with van der Waals surface area (Å²) >= 11 is 5.06. The molecule has 0 aromatic carbocycles. The van der Waals surface area contributed by atoms with Gasteiger partial charge < -0.3 is 28.7 Å². The molecular formula is C11H22BO6PS. The Morgan fingerprint density at radius 3 is 2.65 bits per heavy atom. The fraction of sp³-hybridized carbons (Fsp3) is 1.00. The molecule has 6 nitrogen and oxygen atoms in total. The first kappa shape index (κ1) is 18.5. The van der Waals surface area contributed by atoms with Gasteiger partial charge in [0, 0.05) is 32.5 Å². The van der Waals surface area contributed by atoms with Crippen molar-refractivity contribution < 1.29 is 28.7 Å². The molecule has 116 valence electrons. The van der Waals surface area contributed by atoms with Gasteiger partial charge in [0.25, 0.3) is 0 Å². The van der Waals surface area contributed by atoms with Crippen molar-refractivity contribution in [3.8, 4) is 0 Å². The van der Waals surface area contributed by atoms with Crippen LogP contribution >= 0.6 is 6.49 Å². The lowest BCUT2D eigenvalue weighted by atomic mass is 9.93. The topological polar surface area (TPSA) is 77.4 Å². The molecule has 1 saturated heterocycles. The van der Waals surface area contributed by atoms with E-state index in [1.54, 1.807) is 14.0 Å². The van der Waals surface area contributed by atoms with Crippen molar-refractivity contribution in [3.05, 3.63) is 0 Å². The van der Waals surface area contributed by atoms with Gasteiger partial charge in [-0.05, 0) is 18.2 Å². The van der Waals surface area contributed by atoms with Gasteiger partial charge in [0.1, 0.15) is 26.2 Å². The van der Waals surface area contributed by atoms with Crippen LogP contribution in [0.15, 0.2) is 0 Å². The van der Waals surface area contributed by atoms with Crippen LogP contribution in [0.1, 0.15) is 13.3 Å². The van der Waals surface area contributed by atoms with Crippen molar-refractivity contribution in [3.63, 3.8) is 0 Å². The van der Waals surface area contributed by atoms with Crippen LogP contribution in [0, 0.1) is 0 Å². The standard InChI is InChI=1S/C11H22BO6PS/c1-3-19(14,20)18-9-8(7-15-2)17-11(12)10(9)16-6-4-5-13/h8-11,13H,3-7H2,1-2H3,(H,14,20)/t8-,9+,10?,11-,19?/m1/s1. The Bertz CT molecular complexity index is 334. The number of ether oxygens (including phenoxy) is 3. The van der Waals surface area contributed by atoms with Gasteiger partial charge in [0.05, 0.1) is 6.61 Å². The summed E-state index contributed by atoms with van der Waals surface area (Å²) < 4.78 is 21.9. The summed E-state index contributed by atoms with van der Waals surface area (Å²) in [6.07, 6.45) is -0.694. The molecule has 5 atom stereocenters. The molecule has 0 bridgehead atoms. The summed E-state index contributed by atoms with van der Waals surface area (Å²) in [6, 6.07) is -0.675. The molecule has 1 aliphatic rings. The average molecular weight is 324 g/mol. The molecule has 0 aliphatic carbocycles. The Hall–Kier alpha value is 0.475. The average Bonchev–Trinajstić information content (AvgIpc) is 2.67. The Labute approximate surface area is 126 Å². The quantitative estimate of drug-likeness (QED) is 0.351. The molecule has 2 radical (unpaired) electrons. The van der Waals surface area contributed by atoms with Gasteiger partial charge in [-0.1, -0.05) is 6.92 Å². The third-order valence-corrected chi connectivity index (χ3v) is 5.38. The molecule has 0 aromatic heterocycles. The summed E-state index contributed by atoms with van der Waals surface area (Å²) in [7, 11) is 7.43. The van der Waals surface area contributed by atoms with Crippen LogP contribution < -0.4 is 0 Å². The lowest BCUT2D eigenvalue weighted by molar-refractivity contribution is -0.0227. The van der Waals surface area contributed by atoms with Crippen LogP contribution in [0.2, 0.25) is 0 Å². The van der Waals surface area contributed by atoms with E-state index in [0.29, 0.717) is 19.2 Å². The van der Waals surface area contributed by atoms with Crippen LogP contribution in [-0.2, 0) is 30.5 Å². The Balaban J connectivity index is 2.74. The number of methoxy groups -OCH3 is 1. The Morgan fingerprint density at radius 2 is 2.10 bits per heavy atom. The summed E-state index contributed by atoms with van der Waals surface area (Å²) in [5.74, 6) is 0. The summed E-state index contributed by atoms with van der Waals surface area (Å²) in [4.78, 5) is 10.0. The predicted molar refractivity (Wildman–Crippen MR) is 79.7 cm³/mol. The smallest absolute Gasteiger partial charge is 0.186 e. The van der Waals surface area contributed by atoms with Gasteiger partial charge in [0.2, 0.25) is 0 Å². The van der Waals surface area contributed by atoms with E-state index in [4.69, 9.17) is 43.5 Å². The molecule has 0 saturated carbocycles. The van der Waals surface area contributed by atoms with Gasteiger partial charge in [-0.25, -0.2) is 0 Å². The van der Waals surface area contributed by atoms with Crippen LogP contribution in [0.3, 0.4) is 0 Å². The minimum atomic E-state index is -2.87. The Kier molecular flexibility index (Phi) is 8.16. The second-order valence-electron chi connectivity index (χ2n) is 4.53. The van der Waals surface area contributed by atoms with E-state index >= 15 is 0 Å². The first-order chi connectivity index (χ1) is 9.45. The molecule has 0 spiro atoms. The van der Waals surface area contributed by atoms with Crippen molar-refractivity contribution in [2.75, 3.05) is 33.1 Å². The molecular weight excluding hydrogens is 302 g/mol. The molecule has 20 heavy (non-hydrogen) atoms. The zero-order valence-corrected chi connectivity index (χ0v) is 13.5. The molecule has 1 rings (SSSR count). The highest BCUT2D eigenvalue weighted by Crippen LogP contribution is 2.46. The molecule has 1 fully saturated rings. The minimum Gasteiger partial charge on any atom is -0.396 e. The van der Waals surface area contributed by atoms with Gasteiger partial charge in [-0.15, -0.1) is 0 Å². The highest BCUT2D eigenvalue weighted by atomic mass is 32.5. The third-order valence-electron chi connectivity index (χ3n) is 2.98. The van der Waals surface area contributed by atoms with E-state index in [2.05, 4.69) is 0 Å². The number of aliphatic hydroxyl groups excluding tert-OH is 1. The van der Waals surface area contributed by atoms with E-state index in [9.17, 15) is 4.89 Å². The summed E-state index contributed by atoms with van der Waals surface area (Å²) in [5.41, 5.74) is 0. The van der Waals surface area contributed by atoms with E-state index in [-0.39, 0.29) is 13.2 Å². The fourth-order valence-electron chi connectivity index (χ4n) is 1.92. The van der Waals surface area contributed by atoms with Crippen molar-refractivity contribution in [2.45, 2.75) is 37.7 Å². The van der Waals surface area contributed by atoms with Gasteiger partial charge in [0.15, 0.2) is 6.49 Å². The maximum atomic E-state index is 10.0. The summed E-state index contributed by atoms with van der Waals surface area (Å²) in [5, 5.41) is 8.79. The number of hydrogen-bond acceptors (Lipinski definition) is 6. The van der Waals surface area contributed by atoms with Crippen molar-refractivity contribution >= 4 is 26.1 Å². The zero-order valence-electron chi connectivity index (χ0n) is 11.8. The maximum absolute atomic E-state index is 10.0. The molecule has 0 amide bonds. The lowest BCUT2D eigenvalue weighted by Crippen LogP contribution is -2.39. The molecule has 0 aromatic rings. The Morgan fingerprint density at radius 1 is 1.40 bits per heavy atom. The number of hydrogen-bond donors (Lipinski definition) is 2. The van der Waals surface area contributed by atoms with Crippen LogP contribution in [0.25, 0.3) is 0 Å². The van der Waals surface area contributed by atoms with Crippen LogP contribution in [0.4, 0.5) is 0 Å². The number of aliphatic hydroxyl groups is 1. The SMILES string of the molecule is [B][C@@H]1O[C@H](COC)[C@H](OP(O)(=S)CC)C1OCCCO. The highest BCUT2D eigenvalue weighted by Gasteiger charge is 2.45. The number of rotatable bonds is 9. The van der Waals surface area contributed by atoms with E-state index in [1.165, 1.54) is 0 Å². The normalized spacial score (nSPS) is 33.2. The molecule has 2 N–H and O–H groups in total. The largest absolute Gasteiger partial charge is 0.396 e. The van der Waals surface area contributed by atoms with Crippen molar-refractivity contribution in [1.82, 2.24) is 0 Å². The van der Waals surface area contributed by atoms with E-state index in [1.807, 2.05) is 0 Å². The van der Waals surface area contributed by atoms with Gasteiger partial charge in [-0.3, -0.25) is 0 Å². The van der Waals surface area contributed by atoms with Crippen molar-refractivity contribution in [1.29, 1.82) is 0 Å².